The number of fused-ring (bicyclic) bond motifs is 7. The molecule has 0 aliphatic carbocycles. The number of nitrogens with one attached hydrogen (secondary N) is 1. The normalized spacial score (nSPS) is 14.3. The summed E-state index contributed by atoms with van der Waals surface area (Å²) in [5.41, 5.74) is 11.9. The van der Waals surface area contributed by atoms with Gasteiger partial charge in [-0.05, 0) is 83.4 Å². The Morgan fingerprint density at radius 3 is 1.93 bits per heavy atom. The third kappa shape index (κ3) is 4.87. The van der Waals surface area contributed by atoms with Crippen molar-refractivity contribution < 1.29 is 8.63 Å². The van der Waals surface area contributed by atoms with Crippen LogP contribution in [0.2, 0.25) is 0 Å². The van der Waals surface area contributed by atoms with E-state index in [9.17, 15) is 0 Å². The van der Waals surface area contributed by atoms with Gasteiger partial charge in [0.05, 0.1) is 21.6 Å². The summed E-state index contributed by atoms with van der Waals surface area (Å²) >= 11 is 0. The Morgan fingerprint density at radius 2 is 1.11 bits per heavy atom. The van der Waals surface area contributed by atoms with E-state index in [1.165, 1.54) is 16.3 Å². The van der Waals surface area contributed by atoms with Crippen molar-refractivity contribution in [3.8, 4) is 16.8 Å². The van der Waals surface area contributed by atoms with Crippen LogP contribution in [0, 0.1) is 0 Å². The van der Waals surface area contributed by atoms with Crippen LogP contribution in [-0.2, 0) is 10.1 Å². The first-order chi connectivity index (χ1) is 27.2. The van der Waals surface area contributed by atoms with Crippen LogP contribution in [0.5, 0.6) is 0 Å². The number of furan rings is 1. The highest BCUT2D eigenvalue weighted by Gasteiger charge is 2.35. The fraction of sp³-hybridized carbons (Fsp3) is 0. The van der Waals surface area contributed by atoms with Gasteiger partial charge in [0.15, 0.2) is 0 Å². The molecule has 0 spiro atoms. The van der Waals surface area contributed by atoms with Crippen molar-refractivity contribution in [1.82, 2.24) is 4.57 Å². The van der Waals surface area contributed by atoms with Gasteiger partial charge in [0.1, 0.15) is 11.2 Å². The average molecular weight is 727 g/mol. The predicted octanol–water partition coefficient (Wildman–Crippen LogP) is 12.7. The van der Waals surface area contributed by atoms with Gasteiger partial charge in [-0.1, -0.05) is 127 Å². The maximum Gasteiger partial charge on any atom is 0.136 e. The van der Waals surface area contributed by atoms with Crippen LogP contribution in [-0.4, -0.2) is 8.78 Å². The Bertz CT molecular complexity index is 3200. The van der Waals surface area contributed by atoms with Gasteiger partial charge >= 0.3 is 0 Å². The fourth-order valence-electron chi connectivity index (χ4n) is 8.55. The number of hydrogen-bond acceptors (Lipinski definition) is 2. The first kappa shape index (κ1) is 31.6. The first-order valence-corrected chi connectivity index (χ1v) is 20.2. The second-order valence-electron chi connectivity index (χ2n) is 14.1. The molecule has 2 aromatic heterocycles. The molecule has 0 saturated heterocycles. The smallest absolute Gasteiger partial charge is 0.136 e. The van der Waals surface area contributed by atoms with Gasteiger partial charge in [0.2, 0.25) is 0 Å². The molecule has 4 nitrogen and oxygen atoms in total. The van der Waals surface area contributed by atoms with Crippen molar-refractivity contribution in [2.75, 3.05) is 4.72 Å². The van der Waals surface area contributed by atoms with E-state index in [1.54, 1.807) is 0 Å². The number of hydrogen-bond donors (Lipinski definition) is 2. The minimum Gasteiger partial charge on any atom is -0.456 e. The maximum absolute atomic E-state index is 16.0. The monoisotopic (exact) mass is 726 g/mol. The van der Waals surface area contributed by atoms with E-state index in [0.29, 0.717) is 0 Å². The summed E-state index contributed by atoms with van der Waals surface area (Å²) < 4.78 is 28.6. The van der Waals surface area contributed by atoms with E-state index in [0.717, 1.165) is 82.0 Å². The number of para-hydroxylation sites is 3. The lowest BCUT2D eigenvalue weighted by atomic mass is 9.92. The highest BCUT2D eigenvalue weighted by atomic mass is 32.3. The van der Waals surface area contributed by atoms with E-state index in [2.05, 4.69) is 125 Å². The molecule has 5 heteroatoms. The molecule has 0 amide bonds. The summed E-state index contributed by atoms with van der Waals surface area (Å²) in [5.74, 6) is 0. The standard InChI is InChI=1S/C50H34N2O2S/c53-55(37-19-8-3-9-20-37)50(48(33-15-4-1-5-16-33)39-22-10-12-24-43(39)51-55)40-23-14-26-47-49(40)42-32-35(28-30-46(42)54-47)34-27-29-45-41(31-34)38-21-11-13-25-44(38)52(45)36-17-6-2-7-18-36/h1-32,55H,(H,51,53). The van der Waals surface area contributed by atoms with Gasteiger partial charge < -0.3 is 13.7 Å². The summed E-state index contributed by atoms with van der Waals surface area (Å²) in [5, 5.41) is 4.33. The highest BCUT2D eigenvalue weighted by Crippen LogP contribution is 2.51. The molecular weight excluding hydrogens is 693 g/mol. The minimum atomic E-state index is -3.47. The second kappa shape index (κ2) is 12.3. The molecule has 0 saturated carbocycles. The summed E-state index contributed by atoms with van der Waals surface area (Å²) in [6.45, 7) is 0. The third-order valence-corrected chi connectivity index (χ3v) is 13.7. The molecule has 262 valence electrons. The van der Waals surface area contributed by atoms with Crippen molar-refractivity contribution in [3.05, 3.63) is 211 Å². The Balaban J connectivity index is 1.18. The van der Waals surface area contributed by atoms with Crippen LogP contribution >= 0.6 is 0 Å². The molecule has 1 aliphatic rings. The summed E-state index contributed by atoms with van der Waals surface area (Å²) in [4.78, 5) is 1.53. The highest BCUT2D eigenvalue weighted by molar-refractivity contribution is 8.13. The number of thiol groups is 1. The van der Waals surface area contributed by atoms with Crippen LogP contribution in [0.15, 0.2) is 203 Å². The minimum absolute atomic E-state index is 0.751. The van der Waals surface area contributed by atoms with Gasteiger partial charge in [0.25, 0.3) is 0 Å². The van der Waals surface area contributed by atoms with E-state index in [1.807, 2.05) is 78.9 Å². The zero-order valence-electron chi connectivity index (χ0n) is 29.7. The zero-order chi connectivity index (χ0) is 36.5. The maximum atomic E-state index is 16.0. The van der Waals surface area contributed by atoms with Crippen LogP contribution in [0.25, 0.3) is 71.0 Å². The molecule has 3 heterocycles. The van der Waals surface area contributed by atoms with Crippen molar-refractivity contribution in [2.24, 2.45) is 0 Å². The lowest BCUT2D eigenvalue weighted by molar-refractivity contribution is 0.669. The van der Waals surface area contributed by atoms with Crippen LogP contribution in [0.3, 0.4) is 0 Å². The van der Waals surface area contributed by atoms with E-state index >= 15 is 4.21 Å². The molecule has 10 aromatic rings. The SMILES string of the molecule is O=[SH]1(c2ccccc2)Nc2ccccc2C(c2ccccc2)=C1c1cccc2oc3ccc(-c4ccc5c(c4)c4ccccc4n5-c4ccccc4)cc3c12. The topological polar surface area (TPSA) is 47.2 Å². The van der Waals surface area contributed by atoms with Gasteiger partial charge in [-0.3, -0.25) is 4.21 Å². The van der Waals surface area contributed by atoms with E-state index in [-0.39, 0.29) is 0 Å². The Morgan fingerprint density at radius 1 is 0.473 bits per heavy atom. The molecule has 0 fully saturated rings. The molecule has 55 heavy (non-hydrogen) atoms. The molecule has 11 rings (SSSR count). The van der Waals surface area contributed by atoms with Crippen molar-refractivity contribution >= 4 is 70.0 Å². The number of aromatic nitrogens is 1. The lowest BCUT2D eigenvalue weighted by Gasteiger charge is -2.37. The van der Waals surface area contributed by atoms with Crippen LogP contribution < -0.4 is 4.72 Å². The number of rotatable bonds is 5. The number of nitrogens with zero attached hydrogens (tertiary/aromatic N) is 1. The second-order valence-corrected chi connectivity index (χ2v) is 16.5. The Kier molecular flexibility index (Phi) is 7.06. The van der Waals surface area contributed by atoms with Crippen molar-refractivity contribution in [2.45, 2.75) is 4.90 Å². The predicted molar refractivity (Wildman–Crippen MR) is 230 cm³/mol. The molecule has 0 radical (unpaired) electrons. The van der Waals surface area contributed by atoms with Crippen molar-refractivity contribution in [1.29, 1.82) is 0 Å². The van der Waals surface area contributed by atoms with Crippen LogP contribution in [0.1, 0.15) is 16.7 Å². The Labute approximate surface area is 319 Å². The van der Waals surface area contributed by atoms with E-state index < -0.39 is 10.1 Å². The summed E-state index contributed by atoms with van der Waals surface area (Å²) in [6.07, 6.45) is 0. The van der Waals surface area contributed by atoms with Gasteiger partial charge in [-0.25, -0.2) is 0 Å². The molecule has 8 aromatic carbocycles. The summed E-state index contributed by atoms with van der Waals surface area (Å²) in [7, 11) is -3.47. The molecule has 1 N–H and O–H groups in total. The van der Waals surface area contributed by atoms with Gasteiger partial charge in [0, 0.05) is 58.9 Å². The zero-order valence-corrected chi connectivity index (χ0v) is 30.6. The largest absolute Gasteiger partial charge is 0.456 e. The molecule has 0 bridgehead atoms. The quantitative estimate of drug-likeness (QED) is 0.174. The molecule has 0 unspecified atom stereocenters. The average Bonchev–Trinajstić information content (AvgIpc) is 3.79. The number of benzene rings is 8. The fourth-order valence-corrected chi connectivity index (χ4v) is 11.3. The van der Waals surface area contributed by atoms with Crippen LogP contribution in [0.4, 0.5) is 5.69 Å². The summed E-state index contributed by atoms with van der Waals surface area (Å²) in [6, 6.07) is 66.9. The Hall–Kier alpha value is -6.95. The first-order valence-electron chi connectivity index (χ1n) is 18.5. The third-order valence-electron chi connectivity index (χ3n) is 11.0. The van der Waals surface area contributed by atoms with E-state index in [4.69, 9.17) is 4.42 Å². The molecular formula is C50H34N2O2S. The van der Waals surface area contributed by atoms with Gasteiger partial charge in [-0.15, -0.1) is 0 Å². The number of anilines is 1. The molecule has 0 atom stereocenters. The molecule has 1 aliphatic heterocycles. The van der Waals surface area contributed by atoms with Gasteiger partial charge in [-0.2, -0.15) is 0 Å². The van der Waals surface area contributed by atoms with Crippen molar-refractivity contribution in [3.63, 3.8) is 0 Å². The lowest BCUT2D eigenvalue weighted by Crippen LogP contribution is -2.29.